The third-order valence-electron chi connectivity index (χ3n) is 2.50. The Hall–Kier alpha value is -2.54. The smallest absolute Gasteiger partial charge is 0.325 e. The summed E-state index contributed by atoms with van der Waals surface area (Å²) < 4.78 is 1.43. The summed E-state index contributed by atoms with van der Waals surface area (Å²) in [5.74, 6) is 5.10. The van der Waals surface area contributed by atoms with Crippen LogP contribution in [0, 0.1) is 18.8 Å². The van der Waals surface area contributed by atoms with Crippen molar-refractivity contribution in [1.29, 1.82) is 0 Å². The quantitative estimate of drug-likeness (QED) is 0.812. The van der Waals surface area contributed by atoms with E-state index in [0.717, 1.165) is 16.8 Å². The summed E-state index contributed by atoms with van der Waals surface area (Å²) in [6.07, 6.45) is 1.59. The van der Waals surface area contributed by atoms with Crippen LogP contribution in [0.3, 0.4) is 0 Å². The van der Waals surface area contributed by atoms with Crippen molar-refractivity contribution in [2.75, 3.05) is 0 Å². The SMILES string of the molecule is Cc1c(C#Cc2ccccc2)cnn1CC(=O)O. The van der Waals surface area contributed by atoms with Gasteiger partial charge in [-0.15, -0.1) is 0 Å². The monoisotopic (exact) mass is 240 g/mol. The van der Waals surface area contributed by atoms with Gasteiger partial charge in [0, 0.05) is 5.56 Å². The Balaban J connectivity index is 2.23. The van der Waals surface area contributed by atoms with Crippen molar-refractivity contribution in [1.82, 2.24) is 9.78 Å². The van der Waals surface area contributed by atoms with Gasteiger partial charge in [0.15, 0.2) is 0 Å². The van der Waals surface area contributed by atoms with Crippen molar-refractivity contribution >= 4 is 5.97 Å². The molecule has 0 aliphatic heterocycles. The van der Waals surface area contributed by atoms with Crippen LogP contribution in [0.2, 0.25) is 0 Å². The Morgan fingerprint density at radius 2 is 2.06 bits per heavy atom. The second kappa shape index (κ2) is 5.19. The summed E-state index contributed by atoms with van der Waals surface area (Å²) in [6.45, 7) is 1.67. The Kier molecular flexibility index (Phi) is 3.44. The molecule has 1 aromatic carbocycles. The lowest BCUT2D eigenvalue weighted by Gasteiger charge is -1.98. The lowest BCUT2D eigenvalue weighted by molar-refractivity contribution is -0.137. The molecule has 0 aliphatic carbocycles. The second-order valence-electron chi connectivity index (χ2n) is 3.81. The summed E-state index contributed by atoms with van der Waals surface area (Å²) in [4.78, 5) is 10.6. The topological polar surface area (TPSA) is 55.1 Å². The molecule has 0 amide bonds. The van der Waals surface area contributed by atoms with E-state index >= 15 is 0 Å². The van der Waals surface area contributed by atoms with E-state index < -0.39 is 5.97 Å². The zero-order valence-electron chi connectivity index (χ0n) is 9.92. The van der Waals surface area contributed by atoms with E-state index in [4.69, 9.17) is 5.11 Å². The molecule has 4 heteroatoms. The van der Waals surface area contributed by atoms with Crippen LogP contribution in [0.1, 0.15) is 16.8 Å². The number of hydrogen-bond donors (Lipinski definition) is 1. The van der Waals surface area contributed by atoms with Crippen molar-refractivity contribution in [2.45, 2.75) is 13.5 Å². The van der Waals surface area contributed by atoms with Gasteiger partial charge >= 0.3 is 5.97 Å². The maximum Gasteiger partial charge on any atom is 0.325 e. The van der Waals surface area contributed by atoms with E-state index in [2.05, 4.69) is 16.9 Å². The number of hydrogen-bond acceptors (Lipinski definition) is 2. The fraction of sp³-hybridized carbons (Fsp3) is 0.143. The molecule has 2 rings (SSSR count). The first-order valence-electron chi connectivity index (χ1n) is 5.48. The maximum atomic E-state index is 10.6. The summed E-state index contributed by atoms with van der Waals surface area (Å²) >= 11 is 0. The molecule has 0 atom stereocenters. The minimum absolute atomic E-state index is 0.140. The van der Waals surface area contributed by atoms with Gasteiger partial charge in [0.1, 0.15) is 6.54 Å². The highest BCUT2D eigenvalue weighted by molar-refractivity contribution is 5.66. The number of carbonyl (C=O) groups is 1. The number of aliphatic carboxylic acids is 1. The first kappa shape index (κ1) is 11.9. The number of carboxylic acid groups (broad SMARTS) is 1. The molecular weight excluding hydrogens is 228 g/mol. The molecule has 1 aromatic heterocycles. The van der Waals surface area contributed by atoms with Crippen molar-refractivity contribution < 1.29 is 9.90 Å². The molecule has 90 valence electrons. The van der Waals surface area contributed by atoms with E-state index in [1.165, 1.54) is 4.68 Å². The van der Waals surface area contributed by atoms with Gasteiger partial charge in [0.25, 0.3) is 0 Å². The van der Waals surface area contributed by atoms with Gasteiger partial charge in [-0.05, 0) is 19.1 Å². The van der Waals surface area contributed by atoms with Crippen molar-refractivity contribution in [3.05, 3.63) is 53.3 Å². The summed E-state index contributed by atoms with van der Waals surface area (Å²) in [5, 5.41) is 12.7. The third-order valence-corrected chi connectivity index (χ3v) is 2.50. The molecule has 0 unspecified atom stereocenters. The Labute approximate surface area is 105 Å². The van der Waals surface area contributed by atoms with Crippen LogP contribution in [0.15, 0.2) is 36.5 Å². The number of rotatable bonds is 2. The molecular formula is C14H12N2O2. The van der Waals surface area contributed by atoms with Gasteiger partial charge < -0.3 is 5.11 Å². The minimum Gasteiger partial charge on any atom is -0.480 e. The van der Waals surface area contributed by atoms with Crippen LogP contribution in [-0.2, 0) is 11.3 Å². The molecule has 1 N–H and O–H groups in total. The summed E-state index contributed by atoms with van der Waals surface area (Å²) in [6, 6.07) is 9.62. The Morgan fingerprint density at radius 3 is 2.72 bits per heavy atom. The van der Waals surface area contributed by atoms with Crippen molar-refractivity contribution in [3.8, 4) is 11.8 Å². The average Bonchev–Trinajstić information content (AvgIpc) is 2.69. The van der Waals surface area contributed by atoms with Crippen LogP contribution in [0.25, 0.3) is 0 Å². The predicted octanol–water partition coefficient (Wildman–Crippen LogP) is 1.68. The maximum absolute atomic E-state index is 10.6. The van der Waals surface area contributed by atoms with Crippen LogP contribution in [0.4, 0.5) is 0 Å². The van der Waals surface area contributed by atoms with Crippen molar-refractivity contribution in [2.24, 2.45) is 0 Å². The highest BCUT2D eigenvalue weighted by Gasteiger charge is 2.06. The predicted molar refractivity (Wildman–Crippen MR) is 67.0 cm³/mol. The highest BCUT2D eigenvalue weighted by atomic mass is 16.4. The molecule has 0 saturated heterocycles. The van der Waals surface area contributed by atoms with Crippen LogP contribution in [0.5, 0.6) is 0 Å². The Morgan fingerprint density at radius 1 is 1.33 bits per heavy atom. The highest BCUT2D eigenvalue weighted by Crippen LogP contribution is 2.06. The van der Waals surface area contributed by atoms with Gasteiger partial charge in [-0.2, -0.15) is 5.10 Å². The fourth-order valence-electron chi connectivity index (χ4n) is 1.52. The molecule has 0 saturated carbocycles. The lowest BCUT2D eigenvalue weighted by atomic mass is 10.2. The summed E-state index contributed by atoms with van der Waals surface area (Å²) in [5.41, 5.74) is 2.43. The lowest BCUT2D eigenvalue weighted by Crippen LogP contribution is -2.11. The number of carboxylic acids is 1. The molecule has 0 bridgehead atoms. The average molecular weight is 240 g/mol. The van der Waals surface area contributed by atoms with E-state index in [-0.39, 0.29) is 6.54 Å². The molecule has 2 aromatic rings. The van der Waals surface area contributed by atoms with Crippen LogP contribution < -0.4 is 0 Å². The zero-order chi connectivity index (χ0) is 13.0. The number of benzene rings is 1. The largest absolute Gasteiger partial charge is 0.480 e. The third kappa shape index (κ3) is 2.77. The molecule has 18 heavy (non-hydrogen) atoms. The first-order valence-corrected chi connectivity index (χ1v) is 5.48. The Bertz CT molecular complexity index is 618. The van der Waals surface area contributed by atoms with Crippen LogP contribution in [-0.4, -0.2) is 20.9 Å². The molecule has 0 aliphatic rings. The van der Waals surface area contributed by atoms with Gasteiger partial charge in [-0.25, -0.2) is 0 Å². The van der Waals surface area contributed by atoms with Gasteiger partial charge in [0.05, 0.1) is 17.5 Å². The standard InChI is InChI=1S/C14H12N2O2/c1-11-13(9-15-16(11)10-14(17)18)8-7-12-5-3-2-4-6-12/h2-6,9H,10H2,1H3,(H,17,18). The van der Waals surface area contributed by atoms with E-state index in [1.807, 2.05) is 37.3 Å². The van der Waals surface area contributed by atoms with Crippen molar-refractivity contribution in [3.63, 3.8) is 0 Å². The molecule has 0 fully saturated rings. The van der Waals surface area contributed by atoms with E-state index in [1.54, 1.807) is 6.20 Å². The second-order valence-corrected chi connectivity index (χ2v) is 3.81. The normalized spacial score (nSPS) is 9.61. The van der Waals surface area contributed by atoms with Gasteiger partial charge in [0.2, 0.25) is 0 Å². The molecule has 0 spiro atoms. The van der Waals surface area contributed by atoms with E-state index in [0.29, 0.717) is 0 Å². The van der Waals surface area contributed by atoms with E-state index in [9.17, 15) is 4.79 Å². The zero-order valence-corrected chi connectivity index (χ0v) is 9.92. The first-order chi connectivity index (χ1) is 8.66. The molecule has 0 radical (unpaired) electrons. The number of aromatic nitrogens is 2. The van der Waals surface area contributed by atoms with Gasteiger partial charge in [-0.3, -0.25) is 9.48 Å². The van der Waals surface area contributed by atoms with Crippen LogP contribution >= 0.6 is 0 Å². The van der Waals surface area contributed by atoms with Gasteiger partial charge in [-0.1, -0.05) is 30.0 Å². The molecule has 1 heterocycles. The fourth-order valence-corrected chi connectivity index (χ4v) is 1.52. The molecule has 4 nitrogen and oxygen atoms in total. The number of nitrogens with zero attached hydrogens (tertiary/aromatic N) is 2. The minimum atomic E-state index is -0.913. The summed E-state index contributed by atoms with van der Waals surface area (Å²) in [7, 11) is 0.